The first kappa shape index (κ1) is 29.4. The van der Waals surface area contributed by atoms with Gasteiger partial charge in [0.1, 0.15) is 34.2 Å². The van der Waals surface area contributed by atoms with Crippen molar-refractivity contribution in [3.63, 3.8) is 0 Å². The van der Waals surface area contributed by atoms with Crippen molar-refractivity contribution in [2.45, 2.75) is 35.9 Å². The summed E-state index contributed by atoms with van der Waals surface area (Å²) in [4.78, 5) is 22.1. The molecular weight excluding hydrogens is 674 g/mol. The zero-order valence-corrected chi connectivity index (χ0v) is 25.1. The molecule has 2 atom stereocenters. The number of nitrogen functional groups attached to an aromatic ring is 1. The topological polar surface area (TPSA) is 157 Å². The molecular formula is C28H26F6N8O5S. The number of aromatic nitrogens is 4. The molecule has 0 spiro atoms. The molecule has 256 valence electrons. The van der Waals surface area contributed by atoms with E-state index in [2.05, 4.69) is 25.1 Å². The fraction of sp³-hybridized carbons (Fsp3) is 0.357. The number of methoxy groups -OCH3 is 1. The first-order valence-electron chi connectivity index (χ1n) is 15.4. The second kappa shape index (κ2) is 12.1. The second-order valence-corrected chi connectivity index (χ2v) is 13.0. The molecule has 0 unspecified atom stereocenters. The average Bonchev–Trinajstić information content (AvgIpc) is 3.56. The van der Waals surface area contributed by atoms with Crippen molar-refractivity contribution in [1.82, 2.24) is 34.1 Å². The highest BCUT2D eigenvalue weighted by molar-refractivity contribution is 7.89. The molecule has 0 radical (unpaired) electrons. The van der Waals surface area contributed by atoms with E-state index in [0.29, 0.717) is 9.87 Å². The van der Waals surface area contributed by atoms with Crippen LogP contribution in [0.3, 0.4) is 0 Å². The van der Waals surface area contributed by atoms with Crippen LogP contribution in [0.2, 0.25) is 0 Å². The largest absolute Gasteiger partial charge is 0.573 e. The fourth-order valence-corrected chi connectivity index (χ4v) is 7.18. The minimum Gasteiger partial charge on any atom is -0.480 e. The Morgan fingerprint density at radius 1 is 1.19 bits per heavy atom. The Kier molecular flexibility index (Phi) is 7.41. The zero-order valence-electron chi connectivity index (χ0n) is 27.3. The number of rotatable bonds is 9. The van der Waals surface area contributed by atoms with Crippen LogP contribution >= 0.6 is 0 Å². The molecule has 0 bridgehead atoms. The molecule has 0 aliphatic carbocycles. The van der Waals surface area contributed by atoms with Crippen molar-refractivity contribution in [2.75, 3.05) is 39.0 Å². The van der Waals surface area contributed by atoms with E-state index in [9.17, 15) is 35.2 Å². The summed E-state index contributed by atoms with van der Waals surface area (Å²) in [7, 11) is -7.89. The van der Waals surface area contributed by atoms with E-state index in [1.165, 1.54) is 15.5 Å². The van der Waals surface area contributed by atoms with E-state index in [0.717, 1.165) is 42.9 Å². The normalized spacial score (nSPS) is 21.2. The predicted molar refractivity (Wildman–Crippen MR) is 155 cm³/mol. The lowest BCUT2D eigenvalue weighted by molar-refractivity contribution is -0.275. The van der Waals surface area contributed by atoms with Gasteiger partial charge in [-0.15, -0.1) is 13.2 Å². The minimum atomic E-state index is -5.23. The number of para-hydroxylation sites is 1. The number of sulfonamides is 1. The highest BCUT2D eigenvalue weighted by atomic mass is 32.2. The monoisotopic (exact) mass is 703 g/mol. The Balaban J connectivity index is 1.30. The summed E-state index contributed by atoms with van der Waals surface area (Å²) in [5.41, 5.74) is 6.63. The molecule has 2 aliphatic rings. The van der Waals surface area contributed by atoms with Crippen LogP contribution in [0, 0.1) is 0 Å². The van der Waals surface area contributed by atoms with Crippen molar-refractivity contribution in [3.05, 3.63) is 60.0 Å². The third kappa shape index (κ3) is 6.41. The van der Waals surface area contributed by atoms with Gasteiger partial charge < -0.3 is 20.5 Å². The molecule has 1 aromatic carbocycles. The quantitative estimate of drug-likeness (QED) is 0.249. The zero-order chi connectivity index (χ0) is 37.1. The fourth-order valence-electron chi connectivity index (χ4n) is 5.59. The Labute approximate surface area is 272 Å². The number of likely N-dealkylation sites (tertiary alicyclic amines) is 1. The van der Waals surface area contributed by atoms with Gasteiger partial charge in [0.15, 0.2) is 5.82 Å². The molecule has 2 fully saturated rings. The summed E-state index contributed by atoms with van der Waals surface area (Å²) in [6.45, 7) is -2.54. The van der Waals surface area contributed by atoms with Crippen molar-refractivity contribution >= 4 is 27.3 Å². The Morgan fingerprint density at radius 3 is 2.65 bits per heavy atom. The van der Waals surface area contributed by atoms with Crippen LogP contribution < -0.4 is 20.5 Å². The lowest BCUT2D eigenvalue weighted by atomic mass is 10.1. The summed E-state index contributed by atoms with van der Waals surface area (Å²) >= 11 is 0. The van der Waals surface area contributed by atoms with Crippen LogP contribution in [0.5, 0.6) is 11.6 Å². The lowest BCUT2D eigenvalue weighted by Gasteiger charge is -2.38. The maximum atomic E-state index is 15.3. The highest BCUT2D eigenvalue weighted by Crippen LogP contribution is 2.35. The van der Waals surface area contributed by atoms with Crippen LogP contribution in [0.1, 0.15) is 20.0 Å². The van der Waals surface area contributed by atoms with Crippen LogP contribution in [0.4, 0.5) is 32.2 Å². The molecule has 6 rings (SSSR count). The van der Waals surface area contributed by atoms with Crippen molar-refractivity contribution in [1.29, 1.82) is 0 Å². The number of fused-ring (bicyclic) bond motifs is 1. The van der Waals surface area contributed by atoms with Crippen molar-refractivity contribution in [3.8, 4) is 22.9 Å². The van der Waals surface area contributed by atoms with E-state index in [1.54, 1.807) is 0 Å². The number of pyridine rings is 1. The smallest absolute Gasteiger partial charge is 0.480 e. The first-order chi connectivity index (χ1) is 23.7. The number of halogens is 6. The minimum absolute atomic E-state index is 0.00846. The number of benzene rings is 1. The molecule has 3 N–H and O–H groups in total. The first-order valence-corrected chi connectivity index (χ1v) is 15.4. The number of anilines is 1. The van der Waals surface area contributed by atoms with Gasteiger partial charge in [0, 0.05) is 31.4 Å². The van der Waals surface area contributed by atoms with Crippen LogP contribution in [0.25, 0.3) is 16.8 Å². The van der Waals surface area contributed by atoms with Gasteiger partial charge in [0.2, 0.25) is 15.9 Å². The standard InChI is InChI=1S/C28H26F6N8O5S/c1-46-26-17(6-15(8-36-26)20-7-16(9-40-12-27(30,31)13-40)23-24(35)37-14-38-42(20)23)25(43)39-19-11-41(10-18(19)29)48(44,45)22-5-3-2-4-21(22)47-28(32,33)34/h2-8,14,18-19H,9-13H2,1H3,(H,39,43)(H2,35,37,38)/t18-,19+/m0/s1/i1D3. The lowest BCUT2D eigenvalue weighted by Crippen LogP contribution is -2.55. The molecule has 1 amide bonds. The van der Waals surface area contributed by atoms with Gasteiger partial charge in [0.05, 0.1) is 36.0 Å². The van der Waals surface area contributed by atoms with Gasteiger partial charge in [-0.3, -0.25) is 9.69 Å². The molecule has 2 saturated heterocycles. The predicted octanol–water partition coefficient (Wildman–Crippen LogP) is 2.87. The number of ether oxygens (including phenoxy) is 2. The number of nitrogens with one attached hydrogen (secondary N) is 1. The number of carbonyl (C=O) groups excluding carboxylic acids is 1. The number of alkyl halides is 6. The number of nitrogens with zero attached hydrogens (tertiary/aromatic N) is 6. The highest BCUT2D eigenvalue weighted by Gasteiger charge is 2.44. The number of carbonyl (C=O) groups is 1. The molecule has 13 nitrogen and oxygen atoms in total. The van der Waals surface area contributed by atoms with Crippen molar-refractivity contribution in [2.24, 2.45) is 0 Å². The SMILES string of the molecule is [2H]C([2H])([2H])Oc1ncc(-c2cc(CN3CC(F)(F)C3)c3c(N)ncnn23)cc1C(=O)N[C@@H]1CN(S(=O)(=O)c2ccccc2OC(F)(F)F)C[C@@H]1F. The molecule has 0 saturated carbocycles. The van der Waals surface area contributed by atoms with Crippen LogP contribution in [-0.4, -0.2) is 101 Å². The molecule has 3 aromatic heterocycles. The molecule has 4 aromatic rings. The van der Waals surface area contributed by atoms with Gasteiger partial charge in [0.25, 0.3) is 11.8 Å². The number of nitrogens with two attached hydrogens (primary N) is 1. The van der Waals surface area contributed by atoms with Crippen LogP contribution in [-0.2, 0) is 16.6 Å². The number of hydrogen-bond acceptors (Lipinski definition) is 10. The van der Waals surface area contributed by atoms with E-state index in [1.807, 2.05) is 0 Å². The van der Waals surface area contributed by atoms with E-state index >= 15 is 4.39 Å². The van der Waals surface area contributed by atoms with Gasteiger partial charge in [-0.05, 0) is 29.8 Å². The summed E-state index contributed by atoms with van der Waals surface area (Å²) < 4.78 is 141. The van der Waals surface area contributed by atoms with E-state index in [4.69, 9.17) is 14.6 Å². The van der Waals surface area contributed by atoms with Gasteiger partial charge in [-0.2, -0.15) is 9.40 Å². The summed E-state index contributed by atoms with van der Waals surface area (Å²) in [5.74, 6) is -5.73. The third-order valence-electron chi connectivity index (χ3n) is 7.68. The van der Waals surface area contributed by atoms with E-state index < -0.39 is 95.7 Å². The Morgan fingerprint density at radius 2 is 1.94 bits per heavy atom. The van der Waals surface area contributed by atoms with Gasteiger partial charge in [-0.1, -0.05) is 12.1 Å². The maximum absolute atomic E-state index is 15.3. The van der Waals surface area contributed by atoms with Crippen molar-refractivity contribution < 1.29 is 53.1 Å². The summed E-state index contributed by atoms with van der Waals surface area (Å²) in [6.07, 6.45) is -5.03. The molecule has 48 heavy (non-hydrogen) atoms. The molecule has 5 heterocycles. The van der Waals surface area contributed by atoms with Gasteiger partial charge >= 0.3 is 6.36 Å². The summed E-state index contributed by atoms with van der Waals surface area (Å²) in [6, 6.07) is 5.00. The number of amides is 1. The Bertz CT molecular complexity index is 2090. The van der Waals surface area contributed by atoms with Crippen LogP contribution in [0.15, 0.2) is 53.8 Å². The average molecular weight is 704 g/mol. The molecule has 20 heteroatoms. The Hall–Kier alpha value is -4.69. The maximum Gasteiger partial charge on any atom is 0.573 e. The number of hydrogen-bond donors (Lipinski definition) is 2. The molecule has 2 aliphatic heterocycles. The van der Waals surface area contributed by atoms with E-state index in [-0.39, 0.29) is 29.1 Å². The second-order valence-electron chi connectivity index (χ2n) is 11.1. The van der Waals surface area contributed by atoms with Gasteiger partial charge in [-0.25, -0.2) is 36.1 Å². The summed E-state index contributed by atoms with van der Waals surface area (Å²) in [5, 5.41) is 6.47. The third-order valence-corrected chi connectivity index (χ3v) is 9.55.